The molecule has 1 fully saturated rings. The van der Waals surface area contributed by atoms with Crippen LogP contribution in [0.5, 0.6) is 0 Å². The molecule has 0 spiro atoms. The number of carbonyl (C=O) groups is 2. The Bertz CT molecular complexity index is 363. The van der Waals surface area contributed by atoms with Crippen molar-refractivity contribution < 1.29 is 19.1 Å². The van der Waals surface area contributed by atoms with Gasteiger partial charge in [0.1, 0.15) is 17.6 Å². The number of amides is 1. The van der Waals surface area contributed by atoms with Gasteiger partial charge < -0.3 is 19.6 Å². The monoisotopic (exact) mass is 286 g/mol. The van der Waals surface area contributed by atoms with Crippen LogP contribution in [0.2, 0.25) is 0 Å². The van der Waals surface area contributed by atoms with Crippen molar-refractivity contribution in [2.45, 2.75) is 64.4 Å². The van der Waals surface area contributed by atoms with Gasteiger partial charge in [0.2, 0.25) is 0 Å². The molecule has 1 aliphatic heterocycles. The van der Waals surface area contributed by atoms with E-state index in [1.807, 2.05) is 34.6 Å². The van der Waals surface area contributed by atoms with Gasteiger partial charge >= 0.3 is 6.09 Å². The van der Waals surface area contributed by atoms with Crippen LogP contribution >= 0.6 is 0 Å². The molecule has 1 aliphatic rings. The predicted octanol–water partition coefficient (Wildman–Crippen LogP) is 1.54. The minimum atomic E-state index is -0.745. The summed E-state index contributed by atoms with van der Waals surface area (Å²) in [5.41, 5.74) is -1.31. The van der Waals surface area contributed by atoms with E-state index in [2.05, 4.69) is 5.32 Å². The van der Waals surface area contributed by atoms with Gasteiger partial charge in [0.05, 0.1) is 12.6 Å². The number of likely N-dealkylation sites (N-methyl/N-ethyl adjacent to an activating group) is 1. The number of nitrogens with zero attached hydrogens (tertiary/aromatic N) is 1. The van der Waals surface area contributed by atoms with Crippen LogP contribution in [0, 0.1) is 0 Å². The largest absolute Gasteiger partial charge is 0.444 e. The molecule has 116 valence electrons. The van der Waals surface area contributed by atoms with Gasteiger partial charge in [-0.05, 0) is 41.7 Å². The fourth-order valence-electron chi connectivity index (χ4n) is 2.37. The summed E-state index contributed by atoms with van der Waals surface area (Å²) in [6, 6.07) is -0.378. The molecule has 0 aromatic rings. The van der Waals surface area contributed by atoms with Crippen molar-refractivity contribution >= 4 is 12.4 Å². The summed E-state index contributed by atoms with van der Waals surface area (Å²) in [6.45, 7) is 9.50. The number of carbonyl (C=O) groups excluding carboxylic acids is 2. The fraction of sp³-hybridized carbons (Fsp3) is 0.857. The zero-order chi connectivity index (χ0) is 15.6. The van der Waals surface area contributed by atoms with Crippen molar-refractivity contribution in [1.29, 1.82) is 0 Å². The lowest BCUT2D eigenvalue weighted by molar-refractivity contribution is -0.108. The van der Waals surface area contributed by atoms with Crippen LogP contribution in [0.1, 0.15) is 41.0 Å². The summed E-state index contributed by atoms with van der Waals surface area (Å²) in [5.74, 6) is 0. The minimum absolute atomic E-state index is 0.151. The molecule has 0 radical (unpaired) electrons. The maximum absolute atomic E-state index is 12.4. The topological polar surface area (TPSA) is 67.9 Å². The van der Waals surface area contributed by atoms with Crippen molar-refractivity contribution in [3.05, 3.63) is 0 Å². The van der Waals surface area contributed by atoms with Crippen LogP contribution < -0.4 is 5.32 Å². The number of aldehydes is 1. The lowest BCUT2D eigenvalue weighted by Gasteiger charge is -2.37. The molecule has 0 bridgehead atoms. The Labute approximate surface area is 120 Å². The Kier molecular flexibility index (Phi) is 5.15. The van der Waals surface area contributed by atoms with E-state index in [0.717, 1.165) is 6.29 Å². The van der Waals surface area contributed by atoms with Crippen molar-refractivity contribution in [1.82, 2.24) is 10.2 Å². The third-order valence-electron chi connectivity index (χ3n) is 3.29. The molecular weight excluding hydrogens is 260 g/mol. The van der Waals surface area contributed by atoms with Crippen molar-refractivity contribution in [2.24, 2.45) is 0 Å². The second-order valence-electron chi connectivity index (χ2n) is 6.47. The van der Waals surface area contributed by atoms with E-state index >= 15 is 0 Å². The third-order valence-corrected chi connectivity index (χ3v) is 3.29. The first-order valence-corrected chi connectivity index (χ1v) is 6.89. The summed E-state index contributed by atoms with van der Waals surface area (Å²) in [7, 11) is 1.77. The van der Waals surface area contributed by atoms with E-state index < -0.39 is 17.4 Å². The summed E-state index contributed by atoms with van der Waals surface area (Å²) in [6.07, 6.45) is 0.746. The Hall–Kier alpha value is -1.14. The smallest absolute Gasteiger partial charge is 0.412 e. The van der Waals surface area contributed by atoms with Crippen LogP contribution in [-0.4, -0.2) is 54.3 Å². The van der Waals surface area contributed by atoms with Gasteiger partial charge in [-0.3, -0.25) is 4.90 Å². The van der Waals surface area contributed by atoms with Gasteiger partial charge in [-0.15, -0.1) is 0 Å². The van der Waals surface area contributed by atoms with E-state index in [0.29, 0.717) is 13.0 Å². The summed E-state index contributed by atoms with van der Waals surface area (Å²) in [5, 5.41) is 3.07. The molecule has 0 aromatic carbocycles. The maximum Gasteiger partial charge on any atom is 0.412 e. The minimum Gasteiger partial charge on any atom is -0.444 e. The second kappa shape index (κ2) is 6.10. The van der Waals surface area contributed by atoms with E-state index in [1.54, 1.807) is 11.9 Å². The van der Waals surface area contributed by atoms with Crippen molar-refractivity contribution in [3.8, 4) is 0 Å². The van der Waals surface area contributed by atoms with E-state index in [9.17, 15) is 9.59 Å². The molecule has 2 atom stereocenters. The average molecular weight is 286 g/mol. The predicted molar refractivity (Wildman–Crippen MR) is 75.4 cm³/mol. The average Bonchev–Trinajstić information content (AvgIpc) is 2.59. The van der Waals surface area contributed by atoms with Gasteiger partial charge in [-0.1, -0.05) is 0 Å². The Morgan fingerprint density at radius 1 is 1.55 bits per heavy atom. The molecule has 1 unspecified atom stereocenters. The molecule has 0 aromatic heterocycles. The normalized spacial score (nSPS) is 23.5. The van der Waals surface area contributed by atoms with Gasteiger partial charge in [-0.25, -0.2) is 4.79 Å². The first-order valence-electron chi connectivity index (χ1n) is 6.89. The zero-order valence-electron chi connectivity index (χ0n) is 13.2. The standard InChI is InChI=1S/C14H26N2O4/c1-13(2,3)20-12(18)16-11(9-19-14(16,4)5)10(15-6)7-8-17/h8,10-11,15H,7,9H2,1-6H3/t10?,11-/m1/s1. The highest BCUT2D eigenvalue weighted by molar-refractivity contribution is 5.70. The Morgan fingerprint density at radius 3 is 2.60 bits per heavy atom. The SMILES string of the molecule is CNC(CC=O)[C@H]1COC(C)(C)N1C(=O)OC(C)(C)C. The molecule has 1 amide bonds. The lowest BCUT2D eigenvalue weighted by Crippen LogP contribution is -2.56. The van der Waals surface area contributed by atoms with Gasteiger partial charge in [-0.2, -0.15) is 0 Å². The molecule has 0 aliphatic carbocycles. The number of hydrogen-bond donors (Lipinski definition) is 1. The third kappa shape index (κ3) is 3.93. The molecule has 1 N–H and O–H groups in total. The summed E-state index contributed by atoms with van der Waals surface area (Å²) < 4.78 is 11.2. The number of rotatable bonds is 4. The molecule has 1 rings (SSSR count). The quantitative estimate of drug-likeness (QED) is 0.794. The Morgan fingerprint density at radius 2 is 2.15 bits per heavy atom. The highest BCUT2D eigenvalue weighted by atomic mass is 16.6. The van der Waals surface area contributed by atoms with Gasteiger partial charge in [0.15, 0.2) is 0 Å². The van der Waals surface area contributed by atoms with Gasteiger partial charge in [0, 0.05) is 12.5 Å². The van der Waals surface area contributed by atoms with Crippen LogP contribution in [0.15, 0.2) is 0 Å². The highest BCUT2D eigenvalue weighted by Gasteiger charge is 2.48. The van der Waals surface area contributed by atoms with Crippen LogP contribution in [0.25, 0.3) is 0 Å². The number of nitrogens with one attached hydrogen (secondary N) is 1. The molecule has 6 nitrogen and oxygen atoms in total. The highest BCUT2D eigenvalue weighted by Crippen LogP contribution is 2.31. The number of hydrogen-bond acceptors (Lipinski definition) is 5. The lowest BCUT2D eigenvalue weighted by atomic mass is 10.0. The van der Waals surface area contributed by atoms with Gasteiger partial charge in [0.25, 0.3) is 0 Å². The zero-order valence-corrected chi connectivity index (χ0v) is 13.2. The number of ether oxygens (including phenoxy) is 2. The van der Waals surface area contributed by atoms with Crippen LogP contribution in [0.3, 0.4) is 0 Å². The molecule has 6 heteroatoms. The maximum atomic E-state index is 12.4. The van der Waals surface area contributed by atoms with E-state index in [1.165, 1.54) is 0 Å². The molecule has 1 heterocycles. The van der Waals surface area contributed by atoms with E-state index in [4.69, 9.17) is 9.47 Å². The molecule has 0 saturated carbocycles. The van der Waals surface area contributed by atoms with Crippen molar-refractivity contribution in [2.75, 3.05) is 13.7 Å². The van der Waals surface area contributed by atoms with Crippen LogP contribution in [-0.2, 0) is 14.3 Å². The van der Waals surface area contributed by atoms with E-state index in [-0.39, 0.29) is 12.1 Å². The molecular formula is C14H26N2O4. The first kappa shape index (κ1) is 16.9. The molecule has 20 heavy (non-hydrogen) atoms. The first-order chi connectivity index (χ1) is 9.12. The fourth-order valence-corrected chi connectivity index (χ4v) is 2.37. The summed E-state index contributed by atoms with van der Waals surface area (Å²) in [4.78, 5) is 24.8. The second-order valence-corrected chi connectivity index (χ2v) is 6.47. The van der Waals surface area contributed by atoms with Crippen LogP contribution in [0.4, 0.5) is 4.79 Å². The summed E-state index contributed by atoms with van der Waals surface area (Å²) >= 11 is 0. The molecule has 1 saturated heterocycles. The van der Waals surface area contributed by atoms with Crippen molar-refractivity contribution in [3.63, 3.8) is 0 Å². The Balaban J connectivity index is 2.95.